The summed E-state index contributed by atoms with van der Waals surface area (Å²) < 4.78 is 17.7. The summed E-state index contributed by atoms with van der Waals surface area (Å²) in [4.78, 5) is 7.95. The maximum Gasteiger partial charge on any atom is 0.268 e. The van der Waals surface area contributed by atoms with Crippen molar-refractivity contribution in [3.05, 3.63) is 214 Å². The monoisotopic (exact) mass is 1400 g/mol. The number of hydrogen-bond acceptors (Lipinski definition) is 10. The molecule has 0 bridgehead atoms. The molecule has 13 heteroatoms. The average Bonchev–Trinajstić information content (AvgIpc) is 1.07. The van der Waals surface area contributed by atoms with Crippen LogP contribution in [-0.4, -0.2) is 32.6 Å². The van der Waals surface area contributed by atoms with E-state index < -0.39 is 0 Å². The summed E-state index contributed by atoms with van der Waals surface area (Å²) in [6, 6.07) is 68.4. The lowest BCUT2D eigenvalue weighted by Gasteiger charge is -2.47. The van der Waals surface area contributed by atoms with Crippen molar-refractivity contribution in [1.29, 1.82) is 0 Å². The molecule has 0 atom stereocenters. The Morgan fingerprint density at radius 1 is 0.324 bits per heavy atom. The molecule has 6 nitrogen and oxygen atoms in total. The number of benzene rings is 10. The van der Waals surface area contributed by atoms with Gasteiger partial charge in [0.1, 0.15) is 11.5 Å². The van der Waals surface area contributed by atoms with E-state index >= 15 is 0 Å². The number of thiophene rings is 2. The van der Waals surface area contributed by atoms with Crippen LogP contribution in [0.5, 0.6) is 11.5 Å². The molecule has 0 unspecified atom stereocenters. The van der Waals surface area contributed by atoms with E-state index in [1.807, 2.05) is 34.6 Å². The van der Waals surface area contributed by atoms with Crippen molar-refractivity contribution in [2.45, 2.75) is 152 Å². The highest BCUT2D eigenvalue weighted by molar-refractivity contribution is 8.00. The third-order valence-corrected chi connectivity index (χ3v) is 26.7. The van der Waals surface area contributed by atoms with Crippen LogP contribution in [0.15, 0.2) is 170 Å². The van der Waals surface area contributed by atoms with Gasteiger partial charge in [0, 0.05) is 99.1 Å². The van der Waals surface area contributed by atoms with Crippen molar-refractivity contribution in [3.63, 3.8) is 0 Å². The summed E-state index contributed by atoms with van der Waals surface area (Å²) in [5.41, 5.74) is 35.0. The molecule has 8 heterocycles. The largest absolute Gasteiger partial charge is 0.457 e. The second-order valence-electron chi connectivity index (χ2n) is 34.9. The van der Waals surface area contributed by atoms with Crippen LogP contribution in [0.2, 0.25) is 0 Å². The number of hydrogen-bond donors (Lipinski definition) is 0. The average molecular weight is 1400 g/mol. The molecule has 0 aliphatic carbocycles. The highest BCUT2D eigenvalue weighted by Gasteiger charge is 2.52. The molecule has 6 aliphatic heterocycles. The molecular formula is C89H88B3N5OS4. The van der Waals surface area contributed by atoms with Crippen LogP contribution < -0.4 is 75.8 Å². The first kappa shape index (κ1) is 65.8. The summed E-state index contributed by atoms with van der Waals surface area (Å²) in [5, 5.41) is 2.51. The third kappa shape index (κ3) is 9.81. The molecule has 18 rings (SSSR count). The summed E-state index contributed by atoms with van der Waals surface area (Å²) in [5.74, 6) is 1.95. The molecule has 0 N–H and O–H groups in total. The van der Waals surface area contributed by atoms with Crippen LogP contribution in [0.1, 0.15) is 148 Å². The van der Waals surface area contributed by atoms with Gasteiger partial charge in [0.05, 0.1) is 17.1 Å². The van der Waals surface area contributed by atoms with Gasteiger partial charge in [0.15, 0.2) is 0 Å². The minimum atomic E-state index is -0.168. The fraction of sp³-hybridized carbons (Fsp3) is 0.281. The zero-order valence-electron chi connectivity index (χ0n) is 62.7. The van der Waals surface area contributed by atoms with Gasteiger partial charge in [-0.2, -0.15) is 0 Å². The second kappa shape index (κ2) is 22.4. The Balaban J connectivity index is 0.950. The zero-order valence-corrected chi connectivity index (χ0v) is 65.9. The lowest BCUT2D eigenvalue weighted by atomic mass is 9.30. The first-order valence-corrected chi connectivity index (χ1v) is 40.4. The Kier molecular flexibility index (Phi) is 14.5. The van der Waals surface area contributed by atoms with Crippen LogP contribution in [0.25, 0.3) is 20.2 Å². The highest BCUT2D eigenvalue weighted by Crippen LogP contribution is 2.54. The predicted molar refractivity (Wildman–Crippen MR) is 454 cm³/mol. The van der Waals surface area contributed by atoms with Crippen molar-refractivity contribution in [3.8, 4) is 11.5 Å². The molecule has 0 radical (unpaired) electrons. The number of nitrogens with zero attached hydrogens (tertiary/aromatic N) is 5. The number of fused-ring (bicyclic) bond motifs is 16. The Morgan fingerprint density at radius 3 is 1.15 bits per heavy atom. The molecular weight excluding hydrogens is 1320 g/mol. The standard InChI is InChI=1S/C89H88B3N5OS4/c1-49-37-70-78-72(39-49)95(59-33-25-54(26-34-59)87(10,11)12)81-60-43-55(88(13,14)15)27-35-76(60)101-83(81)91(78)63-46-64-68(48-67(63)94(70)58-31-23-53(24-32-58)86(7,8)9)96(99-19)73-40-50(2)38-71-79(73)90(64)62-45-65-69(47-66(62)93(71)57-29-21-52(22-30-57)85(4,5)6)97(100-20)74-41-51(3)42-75-80(74)92(65)84-82(98-75)61-44-56(89(16,17)18)28-36-77(61)102-84/h21-48H,1-20H3. The minimum absolute atomic E-state index is 0.00464. The molecule has 10 aromatic carbocycles. The van der Waals surface area contributed by atoms with Crippen LogP contribution in [0.4, 0.5) is 73.9 Å². The van der Waals surface area contributed by atoms with E-state index in [0.29, 0.717) is 0 Å². The third-order valence-electron chi connectivity index (χ3n) is 22.8. The molecule has 0 amide bonds. The van der Waals surface area contributed by atoms with E-state index in [1.54, 1.807) is 11.9 Å². The Morgan fingerprint density at radius 2 is 0.676 bits per heavy atom. The first-order chi connectivity index (χ1) is 48.4. The van der Waals surface area contributed by atoms with Crippen LogP contribution >= 0.6 is 46.6 Å². The molecule has 0 saturated carbocycles. The van der Waals surface area contributed by atoms with Gasteiger partial charge in [-0.1, -0.05) is 165 Å². The summed E-state index contributed by atoms with van der Waals surface area (Å²) in [6.45, 7) is 41.4. The lowest BCUT2D eigenvalue weighted by Crippen LogP contribution is -2.66. The van der Waals surface area contributed by atoms with Gasteiger partial charge >= 0.3 is 0 Å². The Bertz CT molecular complexity index is 5580. The number of ether oxygens (including phenoxy) is 1. The van der Waals surface area contributed by atoms with Gasteiger partial charge in [-0.25, -0.2) is 0 Å². The minimum Gasteiger partial charge on any atom is -0.457 e. The topological polar surface area (TPSA) is 25.4 Å². The Hall–Kier alpha value is -8.19. The predicted octanol–water partition coefficient (Wildman–Crippen LogP) is 20.0. The van der Waals surface area contributed by atoms with Crippen molar-refractivity contribution in [2.75, 3.05) is 35.8 Å². The van der Waals surface area contributed by atoms with Crippen molar-refractivity contribution < 1.29 is 4.74 Å². The van der Waals surface area contributed by atoms with E-state index in [0.717, 1.165) is 22.9 Å². The van der Waals surface area contributed by atoms with Gasteiger partial charge in [-0.15, -0.1) is 22.7 Å². The van der Waals surface area contributed by atoms with Gasteiger partial charge in [-0.05, 0) is 264 Å². The fourth-order valence-electron chi connectivity index (χ4n) is 17.5. The number of anilines is 13. The van der Waals surface area contributed by atoms with E-state index in [-0.39, 0.29) is 47.2 Å². The van der Waals surface area contributed by atoms with Crippen molar-refractivity contribution in [2.24, 2.45) is 0 Å². The maximum absolute atomic E-state index is 7.40. The molecule has 0 spiro atoms. The fourth-order valence-corrected chi connectivity index (χ4v) is 21.4. The maximum atomic E-state index is 7.40. The molecule has 0 saturated heterocycles. The molecule has 102 heavy (non-hydrogen) atoms. The summed E-state index contributed by atoms with van der Waals surface area (Å²) in [6.07, 6.45) is 4.53. The zero-order chi connectivity index (χ0) is 71.2. The van der Waals surface area contributed by atoms with Gasteiger partial charge < -0.3 is 19.4 Å². The number of aryl methyl sites for hydroxylation is 3. The SMILES string of the molecule is CSN1c2cc3c(cc2B2c4sc5ccc(C(C)(C)C)cc5c4Oc4cc(C)cc1c42)B1c2cc4c(cc2N(SC)c2cc(C)cc(c21)N3c1ccc(C(C)(C)C)cc1)N(c1ccc(C(C)(C)C)cc1)c1cc(C)cc2c1B4c1sc3ccc(C(C)(C)C)cc3c1N2c1ccc(C(C)(C)C)cc1. The van der Waals surface area contributed by atoms with Crippen LogP contribution in [-0.2, 0) is 27.1 Å². The smallest absolute Gasteiger partial charge is 0.268 e. The molecule has 0 fully saturated rings. The van der Waals surface area contributed by atoms with E-state index in [1.165, 1.54) is 175 Å². The van der Waals surface area contributed by atoms with E-state index in [4.69, 9.17) is 4.74 Å². The van der Waals surface area contributed by atoms with Crippen molar-refractivity contribution in [1.82, 2.24) is 0 Å². The highest BCUT2D eigenvalue weighted by atomic mass is 32.2. The van der Waals surface area contributed by atoms with Crippen molar-refractivity contribution >= 4 is 209 Å². The molecule has 6 aliphatic rings. The van der Waals surface area contributed by atoms with Gasteiger partial charge in [0.25, 0.3) is 20.1 Å². The van der Waals surface area contributed by atoms with Gasteiger partial charge in [0.2, 0.25) is 0 Å². The first-order valence-electron chi connectivity index (χ1n) is 36.4. The van der Waals surface area contributed by atoms with Crippen LogP contribution in [0.3, 0.4) is 0 Å². The molecule has 12 aromatic rings. The van der Waals surface area contributed by atoms with E-state index in [9.17, 15) is 0 Å². The Labute approximate surface area is 622 Å². The quantitative estimate of drug-likeness (QED) is 0.124. The van der Waals surface area contributed by atoms with Crippen LogP contribution in [0, 0.1) is 20.8 Å². The molecule has 2 aromatic heterocycles. The lowest BCUT2D eigenvalue weighted by molar-refractivity contribution is 0.494. The summed E-state index contributed by atoms with van der Waals surface area (Å²) in [7, 11) is 0. The number of rotatable bonds is 5. The second-order valence-corrected chi connectivity index (χ2v) is 38.5. The van der Waals surface area contributed by atoms with E-state index in [2.05, 4.69) is 330 Å². The van der Waals surface area contributed by atoms with Gasteiger partial charge in [-0.3, -0.25) is 8.61 Å². The normalized spacial score (nSPS) is 14.9. The summed E-state index contributed by atoms with van der Waals surface area (Å²) >= 11 is 7.53. The molecule has 508 valence electrons.